The van der Waals surface area contributed by atoms with E-state index < -0.39 is 34.6 Å². The minimum absolute atomic E-state index is 0.0699. The van der Waals surface area contributed by atoms with Gasteiger partial charge in [0.25, 0.3) is 10.0 Å². The molecule has 1 aliphatic rings. The van der Waals surface area contributed by atoms with Crippen molar-refractivity contribution in [3.63, 3.8) is 0 Å². The molecule has 0 bridgehead atoms. The van der Waals surface area contributed by atoms with E-state index in [9.17, 15) is 18.3 Å². The van der Waals surface area contributed by atoms with Crippen LogP contribution in [0.5, 0.6) is 5.75 Å². The third-order valence-corrected chi connectivity index (χ3v) is 7.22. The van der Waals surface area contributed by atoms with Crippen LogP contribution in [0, 0.1) is 5.92 Å². The third kappa shape index (κ3) is 5.24. The van der Waals surface area contributed by atoms with Crippen LogP contribution in [0.2, 0.25) is 10.0 Å². The number of rotatable bonds is 6. The highest BCUT2D eigenvalue weighted by Gasteiger charge is 2.38. The molecule has 1 heterocycles. The van der Waals surface area contributed by atoms with Crippen LogP contribution in [-0.2, 0) is 21.2 Å². The number of nitrogens with zero attached hydrogens (tertiary/aromatic N) is 1. The van der Waals surface area contributed by atoms with Gasteiger partial charge in [-0.15, -0.1) is 0 Å². The fraction of sp³-hybridized carbons (Fsp3) is 0.350. The van der Waals surface area contributed by atoms with Gasteiger partial charge in [-0.25, -0.2) is 12.7 Å². The summed E-state index contributed by atoms with van der Waals surface area (Å²) in [5.74, 6) is -0.876. The molecule has 1 amide bonds. The molecule has 0 saturated carbocycles. The molecular formula is C20H23Cl2N3O5S. The van der Waals surface area contributed by atoms with Gasteiger partial charge < -0.3 is 15.6 Å². The van der Waals surface area contributed by atoms with Crippen molar-refractivity contribution in [2.45, 2.75) is 24.5 Å². The highest BCUT2D eigenvalue weighted by molar-refractivity contribution is 7.89. The lowest BCUT2D eigenvalue weighted by molar-refractivity contribution is -0.130. The molecule has 1 saturated heterocycles. The Morgan fingerprint density at radius 2 is 2.00 bits per heavy atom. The Bertz CT molecular complexity index is 1080. The summed E-state index contributed by atoms with van der Waals surface area (Å²) in [4.78, 5) is 13.1. The summed E-state index contributed by atoms with van der Waals surface area (Å²) in [5.41, 5.74) is 6.48. The number of β-amino-alcohol motifs (C(OH)–C–C–N with tert-alkyl or cyclic N) is 1. The average Bonchev–Trinajstić information content (AvgIpc) is 2.86. The van der Waals surface area contributed by atoms with Gasteiger partial charge in [0, 0.05) is 11.6 Å². The molecule has 168 valence electrons. The molecule has 2 aromatic rings. The highest BCUT2D eigenvalue weighted by Crippen LogP contribution is 2.29. The number of benzene rings is 2. The number of carbonyl (C=O) groups excluding carboxylic acids is 1. The Morgan fingerprint density at radius 1 is 1.26 bits per heavy atom. The molecule has 1 fully saturated rings. The van der Waals surface area contributed by atoms with Crippen molar-refractivity contribution in [1.29, 1.82) is 0 Å². The number of amides is 1. The average molecular weight is 488 g/mol. The first-order valence-corrected chi connectivity index (χ1v) is 11.8. The number of hydrogen-bond donors (Lipinski definition) is 3. The second-order valence-electron chi connectivity index (χ2n) is 7.07. The van der Waals surface area contributed by atoms with Gasteiger partial charge in [0.2, 0.25) is 5.91 Å². The lowest BCUT2D eigenvalue weighted by Gasteiger charge is -2.25. The second kappa shape index (κ2) is 9.62. The molecule has 0 aromatic heterocycles. The van der Waals surface area contributed by atoms with Crippen LogP contribution in [0.25, 0.3) is 0 Å². The summed E-state index contributed by atoms with van der Waals surface area (Å²) in [6.45, 7) is 1.89. The van der Waals surface area contributed by atoms with Crippen LogP contribution < -0.4 is 15.8 Å². The molecule has 11 heteroatoms. The van der Waals surface area contributed by atoms with Crippen molar-refractivity contribution in [2.24, 2.45) is 5.92 Å². The van der Waals surface area contributed by atoms with Crippen molar-refractivity contribution in [3.8, 4) is 5.75 Å². The first kappa shape index (κ1) is 23.6. The number of sulfonamides is 1. The topological polar surface area (TPSA) is 122 Å². The summed E-state index contributed by atoms with van der Waals surface area (Å²) in [7, 11) is -4.27. The van der Waals surface area contributed by atoms with Gasteiger partial charge in [-0.2, -0.15) is 0 Å². The number of carbonyl (C=O) groups is 1. The summed E-state index contributed by atoms with van der Waals surface area (Å²) < 4.78 is 32.7. The summed E-state index contributed by atoms with van der Waals surface area (Å²) >= 11 is 12.0. The summed E-state index contributed by atoms with van der Waals surface area (Å²) in [5, 5.41) is 13.7. The Labute approximate surface area is 190 Å². The minimum Gasteiger partial charge on any atom is -0.494 e. The van der Waals surface area contributed by atoms with Crippen LogP contribution in [0.1, 0.15) is 12.5 Å². The number of nitrogens with one attached hydrogen (secondary N) is 1. The maximum atomic E-state index is 13.3. The van der Waals surface area contributed by atoms with E-state index in [1.54, 1.807) is 18.2 Å². The monoisotopic (exact) mass is 487 g/mol. The van der Waals surface area contributed by atoms with Crippen molar-refractivity contribution < 1.29 is 23.1 Å². The maximum Gasteiger partial charge on any atom is 0.266 e. The van der Waals surface area contributed by atoms with Crippen molar-refractivity contribution in [1.82, 2.24) is 9.62 Å². The Kier molecular flexibility index (Phi) is 7.33. The molecule has 0 aliphatic carbocycles. The lowest BCUT2D eigenvalue weighted by atomic mass is 9.98. The lowest BCUT2D eigenvalue weighted by Crippen LogP contribution is -2.43. The van der Waals surface area contributed by atoms with Gasteiger partial charge in [0.05, 0.1) is 34.7 Å². The van der Waals surface area contributed by atoms with E-state index >= 15 is 0 Å². The second-order valence-corrected chi connectivity index (χ2v) is 9.77. The van der Waals surface area contributed by atoms with E-state index in [0.717, 1.165) is 0 Å². The molecule has 2 atom stereocenters. The quantitative estimate of drug-likeness (QED) is 0.534. The maximum absolute atomic E-state index is 13.3. The SMILES string of the molecule is CCOc1ccc(Cl)cc1CC1CNC(O)CN(S(=O)(=O)c2ccc(Cl)c(N)c2)C1=O. The Hall–Kier alpha value is -2.04. The fourth-order valence-corrected chi connectivity index (χ4v) is 5.14. The molecule has 0 radical (unpaired) electrons. The van der Waals surface area contributed by atoms with Crippen molar-refractivity contribution >= 4 is 44.8 Å². The molecule has 8 nitrogen and oxygen atoms in total. The van der Waals surface area contributed by atoms with Crippen molar-refractivity contribution in [3.05, 3.63) is 52.0 Å². The predicted octanol–water partition coefficient (Wildman–Crippen LogP) is 2.27. The summed E-state index contributed by atoms with van der Waals surface area (Å²) in [6, 6.07) is 8.86. The van der Waals surface area contributed by atoms with Gasteiger partial charge in [-0.1, -0.05) is 23.2 Å². The van der Waals surface area contributed by atoms with Gasteiger partial charge in [0.15, 0.2) is 0 Å². The molecule has 2 aromatic carbocycles. The molecule has 1 aliphatic heterocycles. The Balaban J connectivity index is 1.95. The highest BCUT2D eigenvalue weighted by atomic mass is 35.5. The Morgan fingerprint density at radius 3 is 2.68 bits per heavy atom. The van der Waals surface area contributed by atoms with E-state index in [1.165, 1.54) is 18.2 Å². The number of anilines is 1. The van der Waals surface area contributed by atoms with E-state index in [2.05, 4.69) is 5.32 Å². The van der Waals surface area contributed by atoms with Crippen LogP contribution in [-0.4, -0.2) is 49.7 Å². The molecule has 31 heavy (non-hydrogen) atoms. The van der Waals surface area contributed by atoms with Crippen LogP contribution >= 0.6 is 23.2 Å². The number of halogens is 2. The zero-order valence-corrected chi connectivity index (χ0v) is 19.0. The molecule has 0 spiro atoms. The summed E-state index contributed by atoms with van der Waals surface area (Å²) in [6.07, 6.45) is -1.05. The van der Waals surface area contributed by atoms with Gasteiger partial charge in [-0.3, -0.25) is 10.1 Å². The van der Waals surface area contributed by atoms with Gasteiger partial charge in [-0.05, 0) is 55.3 Å². The first-order valence-electron chi connectivity index (χ1n) is 9.57. The number of nitrogens with two attached hydrogens (primary N) is 1. The standard InChI is InChI=1S/C20H23Cl2N3O5S/c1-2-30-18-6-3-14(21)8-12(18)7-13-10-24-19(26)11-25(20(13)27)31(28,29)15-4-5-16(22)17(23)9-15/h3-6,8-9,13,19,24,26H,2,7,10-11,23H2,1H3. The number of aliphatic hydroxyl groups excluding tert-OH is 1. The smallest absolute Gasteiger partial charge is 0.266 e. The van der Waals surface area contributed by atoms with Gasteiger partial charge >= 0.3 is 0 Å². The minimum atomic E-state index is -4.27. The largest absolute Gasteiger partial charge is 0.494 e. The molecule has 2 unspecified atom stereocenters. The number of ether oxygens (including phenoxy) is 1. The molecular weight excluding hydrogens is 465 g/mol. The number of hydrogen-bond acceptors (Lipinski definition) is 7. The number of aliphatic hydroxyl groups is 1. The number of nitrogen functional groups attached to an aromatic ring is 1. The first-order chi connectivity index (χ1) is 14.6. The fourth-order valence-electron chi connectivity index (χ4n) is 3.34. The van der Waals surface area contributed by atoms with E-state index in [4.69, 9.17) is 33.7 Å². The predicted molar refractivity (Wildman–Crippen MR) is 119 cm³/mol. The van der Waals surface area contributed by atoms with Crippen LogP contribution in [0.15, 0.2) is 41.3 Å². The van der Waals surface area contributed by atoms with Gasteiger partial charge in [0.1, 0.15) is 12.0 Å². The molecule has 4 N–H and O–H groups in total. The molecule has 3 rings (SSSR count). The third-order valence-electron chi connectivity index (χ3n) is 4.88. The zero-order valence-electron chi connectivity index (χ0n) is 16.7. The van der Waals surface area contributed by atoms with E-state index in [0.29, 0.717) is 27.2 Å². The zero-order chi connectivity index (χ0) is 22.8. The van der Waals surface area contributed by atoms with Crippen LogP contribution in [0.4, 0.5) is 5.69 Å². The normalized spacial score (nSPS) is 19.9. The van der Waals surface area contributed by atoms with Crippen molar-refractivity contribution in [2.75, 3.05) is 25.4 Å². The van der Waals surface area contributed by atoms with E-state index in [1.807, 2.05) is 6.92 Å². The van der Waals surface area contributed by atoms with E-state index in [-0.39, 0.29) is 28.6 Å². The van der Waals surface area contributed by atoms with Crippen LogP contribution in [0.3, 0.4) is 0 Å².